The van der Waals surface area contributed by atoms with Gasteiger partial charge in [0, 0.05) is 16.0 Å². The SMILES string of the molecule is CP(C)(=O)c1ccc(NC(=O)C(Cc2ccccc2)N2CON(c3cc(Cl)ccc3-n3cc(Cl)nn3)CO2)cc1. The second-order valence-corrected chi connectivity index (χ2v) is 13.6. The van der Waals surface area contributed by atoms with Crippen molar-refractivity contribution in [2.45, 2.75) is 12.5 Å². The van der Waals surface area contributed by atoms with Crippen LogP contribution in [0.2, 0.25) is 10.2 Å². The van der Waals surface area contributed by atoms with Crippen molar-refractivity contribution in [1.82, 2.24) is 20.1 Å². The van der Waals surface area contributed by atoms with Crippen LogP contribution in [-0.2, 0) is 25.5 Å². The summed E-state index contributed by atoms with van der Waals surface area (Å²) in [6, 6.07) is 21.2. The number of nitrogens with zero attached hydrogens (tertiary/aromatic N) is 5. The van der Waals surface area contributed by atoms with Crippen molar-refractivity contribution >= 4 is 52.9 Å². The van der Waals surface area contributed by atoms with Crippen molar-refractivity contribution in [1.29, 1.82) is 0 Å². The fourth-order valence-corrected chi connectivity index (χ4v) is 5.35. The van der Waals surface area contributed by atoms with Gasteiger partial charge in [-0.15, -0.1) is 10.2 Å². The molecule has 1 unspecified atom stereocenters. The lowest BCUT2D eigenvalue weighted by molar-refractivity contribution is -0.279. The molecule has 1 N–H and O–H groups in total. The first kappa shape index (κ1) is 28.3. The largest absolute Gasteiger partial charge is 0.325 e. The maximum absolute atomic E-state index is 13.5. The third-order valence-electron chi connectivity index (χ3n) is 6.28. The Hall–Kier alpha value is -3.24. The van der Waals surface area contributed by atoms with Crippen LogP contribution in [0.3, 0.4) is 0 Å². The van der Waals surface area contributed by atoms with Crippen molar-refractivity contribution < 1.29 is 19.0 Å². The standard InChI is InChI=1S/C27H27Cl2N6O4P/c1-40(2,37)22-11-9-21(10-12-22)30-27(36)25(14-19-6-4-3-5-7-19)35-18-38-34(17-39-35)24-15-20(28)8-13-23(24)33-16-26(29)31-32-33/h3-13,15-16,25H,14,17-18H2,1-2H3,(H,30,36). The Morgan fingerprint density at radius 1 is 1.00 bits per heavy atom. The number of anilines is 2. The van der Waals surface area contributed by atoms with E-state index in [1.54, 1.807) is 62.0 Å². The summed E-state index contributed by atoms with van der Waals surface area (Å²) in [6.45, 7) is 3.36. The van der Waals surface area contributed by atoms with E-state index in [0.29, 0.717) is 28.5 Å². The first-order chi connectivity index (χ1) is 19.2. The molecule has 4 aromatic rings. The van der Waals surface area contributed by atoms with Crippen molar-refractivity contribution in [2.75, 3.05) is 37.2 Å². The predicted octanol–water partition coefficient (Wildman–Crippen LogP) is 4.97. The van der Waals surface area contributed by atoms with Crippen LogP contribution < -0.4 is 15.7 Å². The van der Waals surface area contributed by atoms with E-state index >= 15 is 0 Å². The third-order valence-corrected chi connectivity index (χ3v) is 8.23. The summed E-state index contributed by atoms with van der Waals surface area (Å²) >= 11 is 12.2. The summed E-state index contributed by atoms with van der Waals surface area (Å²) in [5.41, 5.74) is 2.77. The van der Waals surface area contributed by atoms with Crippen LogP contribution in [0.25, 0.3) is 5.69 Å². The summed E-state index contributed by atoms with van der Waals surface area (Å²) in [5.74, 6) is -0.273. The minimum atomic E-state index is -2.40. The van der Waals surface area contributed by atoms with Crippen LogP contribution in [-0.4, -0.2) is 58.8 Å². The molecular formula is C27H27Cl2N6O4P. The lowest BCUT2D eigenvalue weighted by Crippen LogP contribution is -2.52. The van der Waals surface area contributed by atoms with E-state index in [4.69, 9.17) is 32.9 Å². The molecule has 13 heteroatoms. The van der Waals surface area contributed by atoms with Gasteiger partial charge in [-0.3, -0.25) is 14.5 Å². The molecule has 1 amide bonds. The molecule has 10 nitrogen and oxygen atoms in total. The Morgan fingerprint density at radius 2 is 1.75 bits per heavy atom. The van der Waals surface area contributed by atoms with E-state index in [0.717, 1.165) is 10.9 Å². The second kappa shape index (κ2) is 12.1. The fraction of sp³-hybridized carbons (Fsp3) is 0.222. The number of hydrogen-bond donors (Lipinski definition) is 1. The zero-order valence-corrected chi connectivity index (χ0v) is 24.2. The van der Waals surface area contributed by atoms with Gasteiger partial charge >= 0.3 is 0 Å². The highest BCUT2D eigenvalue weighted by Crippen LogP contribution is 2.35. The monoisotopic (exact) mass is 600 g/mol. The average molecular weight is 601 g/mol. The number of aromatic nitrogens is 3. The number of benzene rings is 3. The summed E-state index contributed by atoms with van der Waals surface area (Å²) in [5, 5.41) is 15.3. The number of carbonyl (C=O) groups is 1. The zero-order chi connectivity index (χ0) is 28.3. The number of carbonyl (C=O) groups excluding carboxylic acids is 1. The molecule has 208 valence electrons. The Kier molecular flexibility index (Phi) is 8.56. The molecule has 0 aliphatic carbocycles. The molecule has 5 rings (SSSR count). The van der Waals surface area contributed by atoms with Crippen LogP contribution in [0, 0.1) is 0 Å². The highest BCUT2D eigenvalue weighted by atomic mass is 35.5. The Balaban J connectivity index is 1.34. The van der Waals surface area contributed by atoms with Gasteiger partial charge in [-0.2, -0.15) is 0 Å². The fourth-order valence-electron chi connectivity index (χ4n) is 4.19. The summed E-state index contributed by atoms with van der Waals surface area (Å²) in [6.07, 6.45) is 1.95. The van der Waals surface area contributed by atoms with Crippen molar-refractivity contribution in [3.05, 3.63) is 94.7 Å². The van der Waals surface area contributed by atoms with Crippen LogP contribution >= 0.6 is 30.3 Å². The summed E-state index contributed by atoms with van der Waals surface area (Å²) in [7, 11) is -2.40. The van der Waals surface area contributed by atoms with E-state index in [-0.39, 0.29) is 24.5 Å². The smallest absolute Gasteiger partial charge is 0.244 e. The lowest BCUT2D eigenvalue weighted by Gasteiger charge is -2.38. The van der Waals surface area contributed by atoms with Crippen LogP contribution in [0.4, 0.5) is 11.4 Å². The van der Waals surface area contributed by atoms with Crippen LogP contribution in [0.15, 0.2) is 79.0 Å². The minimum Gasteiger partial charge on any atom is -0.325 e. The molecule has 1 saturated heterocycles. The van der Waals surface area contributed by atoms with Gasteiger partial charge in [0.2, 0.25) is 5.91 Å². The molecule has 1 aromatic heterocycles. The molecule has 40 heavy (non-hydrogen) atoms. The number of hydrogen-bond acceptors (Lipinski definition) is 8. The van der Waals surface area contributed by atoms with E-state index in [2.05, 4.69) is 15.6 Å². The number of rotatable bonds is 8. The highest BCUT2D eigenvalue weighted by Gasteiger charge is 2.32. The van der Waals surface area contributed by atoms with Gasteiger partial charge in [0.05, 0.1) is 17.6 Å². The number of amides is 1. The highest BCUT2D eigenvalue weighted by molar-refractivity contribution is 7.70. The summed E-state index contributed by atoms with van der Waals surface area (Å²) < 4.78 is 13.9. The van der Waals surface area contributed by atoms with Gasteiger partial charge in [-0.25, -0.2) is 9.75 Å². The van der Waals surface area contributed by atoms with Gasteiger partial charge < -0.3 is 9.88 Å². The van der Waals surface area contributed by atoms with E-state index in [9.17, 15) is 9.36 Å². The first-order valence-electron chi connectivity index (χ1n) is 12.4. The normalized spacial score (nSPS) is 15.2. The Bertz CT molecular complexity index is 1520. The molecule has 3 aromatic carbocycles. The zero-order valence-electron chi connectivity index (χ0n) is 21.8. The first-order valence-corrected chi connectivity index (χ1v) is 15.7. The molecular weight excluding hydrogens is 574 g/mol. The Labute approximate surface area is 241 Å². The predicted molar refractivity (Wildman–Crippen MR) is 156 cm³/mol. The second-order valence-electron chi connectivity index (χ2n) is 9.52. The molecule has 1 fully saturated rings. The molecule has 1 aliphatic rings. The van der Waals surface area contributed by atoms with Gasteiger partial charge in [-0.1, -0.05) is 58.7 Å². The van der Waals surface area contributed by atoms with E-state index in [1.807, 2.05) is 30.3 Å². The summed E-state index contributed by atoms with van der Waals surface area (Å²) in [4.78, 5) is 25.6. The van der Waals surface area contributed by atoms with Gasteiger partial charge in [-0.05, 0) is 67.8 Å². The maximum Gasteiger partial charge on any atom is 0.244 e. The van der Waals surface area contributed by atoms with Gasteiger partial charge in [0.15, 0.2) is 18.6 Å². The number of nitrogens with one attached hydrogen (secondary N) is 1. The molecule has 1 aliphatic heterocycles. The molecule has 0 saturated carbocycles. The van der Waals surface area contributed by atoms with Crippen molar-refractivity contribution in [2.24, 2.45) is 0 Å². The van der Waals surface area contributed by atoms with Gasteiger partial charge in [0.1, 0.15) is 13.2 Å². The van der Waals surface area contributed by atoms with Crippen molar-refractivity contribution in [3.63, 3.8) is 0 Å². The molecule has 0 radical (unpaired) electrons. The molecule has 0 bridgehead atoms. The van der Waals surface area contributed by atoms with Crippen LogP contribution in [0.5, 0.6) is 0 Å². The van der Waals surface area contributed by atoms with E-state index < -0.39 is 13.2 Å². The maximum atomic E-state index is 13.5. The van der Waals surface area contributed by atoms with E-state index in [1.165, 1.54) is 14.8 Å². The average Bonchev–Trinajstić information content (AvgIpc) is 3.38. The van der Waals surface area contributed by atoms with Crippen LogP contribution in [0.1, 0.15) is 5.56 Å². The third kappa shape index (κ3) is 6.72. The van der Waals surface area contributed by atoms with Crippen molar-refractivity contribution in [3.8, 4) is 5.69 Å². The molecule has 2 heterocycles. The topological polar surface area (TPSA) is 102 Å². The quantitative estimate of drug-likeness (QED) is 0.283. The number of hydroxylamine groups is 3. The Morgan fingerprint density at radius 3 is 2.38 bits per heavy atom. The molecule has 1 atom stereocenters. The number of halogens is 2. The molecule has 0 spiro atoms. The lowest BCUT2D eigenvalue weighted by atomic mass is 10.1. The van der Waals surface area contributed by atoms with Gasteiger partial charge in [0.25, 0.3) is 0 Å². The minimum absolute atomic E-state index is 0.0225.